The van der Waals surface area contributed by atoms with E-state index in [-0.39, 0.29) is 16.6 Å². The number of hydrogen-bond donors (Lipinski definition) is 2. The number of anilines is 2. The van der Waals surface area contributed by atoms with Crippen LogP contribution < -0.4 is 10.6 Å². The average Bonchev–Trinajstić information content (AvgIpc) is 2.64. The van der Waals surface area contributed by atoms with Crippen molar-refractivity contribution in [3.05, 3.63) is 54.3 Å². The van der Waals surface area contributed by atoms with Crippen molar-refractivity contribution in [3.8, 4) is 0 Å². The third-order valence-electron chi connectivity index (χ3n) is 4.42. The van der Waals surface area contributed by atoms with Crippen LogP contribution >= 0.6 is 0 Å². The van der Waals surface area contributed by atoms with Gasteiger partial charge in [-0.2, -0.15) is 4.31 Å². The molecule has 1 unspecified atom stereocenters. The molecule has 1 aliphatic rings. The van der Waals surface area contributed by atoms with Crippen molar-refractivity contribution in [1.29, 1.82) is 0 Å². The molecule has 2 aromatic carbocycles. The highest BCUT2D eigenvalue weighted by molar-refractivity contribution is 7.89. The smallest absolute Gasteiger partial charge is 0.243 e. The number of amides is 1. The van der Waals surface area contributed by atoms with Crippen molar-refractivity contribution < 1.29 is 17.6 Å². The molecule has 27 heavy (non-hydrogen) atoms. The number of rotatable bonds is 5. The Morgan fingerprint density at radius 2 is 1.93 bits per heavy atom. The van der Waals surface area contributed by atoms with Gasteiger partial charge in [0.25, 0.3) is 0 Å². The van der Waals surface area contributed by atoms with Crippen molar-refractivity contribution in [2.24, 2.45) is 0 Å². The third kappa shape index (κ3) is 4.64. The second-order valence-electron chi connectivity index (χ2n) is 6.54. The van der Waals surface area contributed by atoms with E-state index < -0.39 is 21.7 Å². The number of halogens is 1. The Morgan fingerprint density at radius 3 is 2.63 bits per heavy atom. The SMILES string of the molecule is CC(=O)Nc1cc(S(=O)(=O)N2CCCC(Nc3ccccc3)C2)ccc1F. The largest absolute Gasteiger partial charge is 0.381 e. The van der Waals surface area contributed by atoms with Gasteiger partial charge in [-0.1, -0.05) is 18.2 Å². The molecule has 1 atom stereocenters. The molecule has 0 spiro atoms. The van der Waals surface area contributed by atoms with Crippen LogP contribution in [0.4, 0.5) is 15.8 Å². The van der Waals surface area contributed by atoms with Gasteiger partial charge in [0.2, 0.25) is 15.9 Å². The van der Waals surface area contributed by atoms with Crippen LogP contribution in [0.25, 0.3) is 0 Å². The van der Waals surface area contributed by atoms with Crippen molar-refractivity contribution in [1.82, 2.24) is 4.31 Å². The second kappa shape index (κ2) is 8.06. The second-order valence-corrected chi connectivity index (χ2v) is 8.47. The first-order valence-electron chi connectivity index (χ1n) is 8.75. The maximum Gasteiger partial charge on any atom is 0.243 e. The standard InChI is InChI=1S/C19H22FN3O3S/c1-14(24)21-19-12-17(9-10-18(19)20)27(25,26)23-11-5-8-16(13-23)22-15-6-3-2-4-7-15/h2-4,6-7,9-10,12,16,22H,5,8,11,13H2,1H3,(H,21,24). The summed E-state index contributed by atoms with van der Waals surface area (Å²) in [5, 5.41) is 5.68. The number of carbonyl (C=O) groups is 1. The summed E-state index contributed by atoms with van der Waals surface area (Å²) in [6, 6.07) is 13.1. The average molecular weight is 391 g/mol. The lowest BCUT2D eigenvalue weighted by atomic mass is 10.1. The molecule has 0 aromatic heterocycles. The van der Waals surface area contributed by atoms with Crippen LogP contribution in [0, 0.1) is 5.82 Å². The van der Waals surface area contributed by atoms with Crippen LogP contribution in [0.3, 0.4) is 0 Å². The predicted molar refractivity (Wildman–Crippen MR) is 103 cm³/mol. The van der Waals surface area contributed by atoms with Gasteiger partial charge in [-0.25, -0.2) is 12.8 Å². The van der Waals surface area contributed by atoms with E-state index in [1.165, 1.54) is 23.4 Å². The number of piperidine rings is 1. The Bertz CT molecular complexity index is 919. The van der Waals surface area contributed by atoms with Crippen molar-refractivity contribution in [2.75, 3.05) is 23.7 Å². The number of para-hydroxylation sites is 1. The van der Waals surface area contributed by atoms with Crippen LogP contribution in [0.5, 0.6) is 0 Å². The molecule has 144 valence electrons. The number of carbonyl (C=O) groups excluding carboxylic acids is 1. The first-order chi connectivity index (χ1) is 12.9. The van der Waals surface area contributed by atoms with Gasteiger partial charge < -0.3 is 10.6 Å². The van der Waals surface area contributed by atoms with Crippen LogP contribution in [0.2, 0.25) is 0 Å². The van der Waals surface area contributed by atoms with Gasteiger partial charge in [-0.3, -0.25) is 4.79 Å². The van der Waals surface area contributed by atoms with Crippen LogP contribution in [0.1, 0.15) is 19.8 Å². The molecule has 3 rings (SSSR count). The Kier molecular flexibility index (Phi) is 5.76. The minimum absolute atomic E-state index is 0.00816. The van der Waals surface area contributed by atoms with Crippen LogP contribution in [-0.2, 0) is 14.8 Å². The molecule has 1 saturated heterocycles. The molecule has 2 aromatic rings. The van der Waals surface area contributed by atoms with E-state index in [1.54, 1.807) is 0 Å². The molecule has 1 amide bonds. The molecule has 0 saturated carbocycles. The lowest BCUT2D eigenvalue weighted by Crippen LogP contribution is -2.45. The van der Waals surface area contributed by atoms with Gasteiger partial charge in [0.1, 0.15) is 5.82 Å². The molecule has 0 aliphatic carbocycles. The molecular weight excluding hydrogens is 369 g/mol. The maximum absolute atomic E-state index is 13.8. The van der Waals surface area contributed by atoms with E-state index in [0.29, 0.717) is 13.1 Å². The van der Waals surface area contributed by atoms with Gasteiger partial charge in [0, 0.05) is 31.7 Å². The minimum Gasteiger partial charge on any atom is -0.381 e. The van der Waals surface area contributed by atoms with Crippen molar-refractivity contribution in [2.45, 2.75) is 30.7 Å². The van der Waals surface area contributed by atoms with Crippen LogP contribution in [0.15, 0.2) is 53.4 Å². The first kappa shape index (κ1) is 19.3. The van der Waals surface area contributed by atoms with Gasteiger partial charge >= 0.3 is 0 Å². The number of nitrogens with zero attached hydrogens (tertiary/aromatic N) is 1. The highest BCUT2D eigenvalue weighted by Gasteiger charge is 2.30. The van der Waals surface area contributed by atoms with Gasteiger partial charge in [0.05, 0.1) is 10.6 Å². The monoisotopic (exact) mass is 391 g/mol. The summed E-state index contributed by atoms with van der Waals surface area (Å²) in [5.41, 5.74) is 0.802. The minimum atomic E-state index is -3.79. The first-order valence-corrected chi connectivity index (χ1v) is 10.2. The van der Waals surface area contributed by atoms with Gasteiger partial charge in [-0.05, 0) is 43.2 Å². The number of nitrogens with one attached hydrogen (secondary N) is 2. The third-order valence-corrected chi connectivity index (χ3v) is 6.28. The lowest BCUT2D eigenvalue weighted by Gasteiger charge is -2.33. The molecule has 1 aliphatic heterocycles. The highest BCUT2D eigenvalue weighted by atomic mass is 32.2. The fraction of sp³-hybridized carbons (Fsp3) is 0.316. The quantitative estimate of drug-likeness (QED) is 0.821. The topological polar surface area (TPSA) is 78.5 Å². The molecule has 1 fully saturated rings. The van der Waals surface area contributed by atoms with Crippen molar-refractivity contribution >= 4 is 27.3 Å². The fourth-order valence-corrected chi connectivity index (χ4v) is 4.70. The number of sulfonamides is 1. The van der Waals surface area contributed by atoms with E-state index in [9.17, 15) is 17.6 Å². The summed E-state index contributed by atoms with van der Waals surface area (Å²) in [6.45, 7) is 1.97. The molecule has 1 heterocycles. The Balaban J connectivity index is 1.79. The van der Waals surface area contributed by atoms with Crippen LogP contribution in [-0.4, -0.2) is 37.8 Å². The highest BCUT2D eigenvalue weighted by Crippen LogP contribution is 2.26. The summed E-state index contributed by atoms with van der Waals surface area (Å²) in [6.07, 6.45) is 1.59. The summed E-state index contributed by atoms with van der Waals surface area (Å²) in [4.78, 5) is 11.2. The van der Waals surface area contributed by atoms with E-state index in [1.807, 2.05) is 30.3 Å². The summed E-state index contributed by atoms with van der Waals surface area (Å²) in [7, 11) is -3.79. The molecule has 0 radical (unpaired) electrons. The summed E-state index contributed by atoms with van der Waals surface area (Å²) in [5.74, 6) is -1.14. The molecule has 0 bridgehead atoms. The van der Waals surface area contributed by atoms with Gasteiger partial charge in [0.15, 0.2) is 0 Å². The zero-order valence-corrected chi connectivity index (χ0v) is 15.8. The molecular formula is C19H22FN3O3S. The lowest BCUT2D eigenvalue weighted by molar-refractivity contribution is -0.114. The Morgan fingerprint density at radius 1 is 1.19 bits per heavy atom. The van der Waals surface area contributed by atoms with Gasteiger partial charge in [-0.15, -0.1) is 0 Å². The van der Waals surface area contributed by atoms with E-state index in [4.69, 9.17) is 0 Å². The predicted octanol–water partition coefficient (Wildman–Crippen LogP) is 3.05. The Labute approximate surface area is 158 Å². The van der Waals surface area contributed by atoms with E-state index >= 15 is 0 Å². The molecule has 2 N–H and O–H groups in total. The summed E-state index contributed by atoms with van der Waals surface area (Å²) < 4.78 is 41.2. The molecule has 8 heteroatoms. The van der Waals surface area contributed by atoms with E-state index in [2.05, 4.69) is 10.6 Å². The van der Waals surface area contributed by atoms with Crippen molar-refractivity contribution in [3.63, 3.8) is 0 Å². The molecule has 6 nitrogen and oxygen atoms in total. The zero-order chi connectivity index (χ0) is 19.4. The van der Waals surface area contributed by atoms with E-state index in [0.717, 1.165) is 24.6 Å². The zero-order valence-electron chi connectivity index (χ0n) is 15.0. The fourth-order valence-electron chi connectivity index (χ4n) is 3.15. The summed E-state index contributed by atoms with van der Waals surface area (Å²) >= 11 is 0. The Hall–Kier alpha value is -2.45. The maximum atomic E-state index is 13.8. The number of hydrogen-bond acceptors (Lipinski definition) is 4. The number of benzene rings is 2. The normalized spacial score (nSPS) is 18.1.